The summed E-state index contributed by atoms with van der Waals surface area (Å²) in [5, 5.41) is 261. The molecule has 632 valence electrons. The molecule has 5 atom stereocenters. The van der Waals surface area contributed by atoms with Crippen molar-refractivity contribution in [2.45, 2.75) is 30.7 Å². The lowest BCUT2D eigenvalue weighted by atomic mass is 9.97. The molecule has 122 heavy (non-hydrogen) atoms. The van der Waals surface area contributed by atoms with Gasteiger partial charge in [0.1, 0.15) is 12.7 Å². The van der Waals surface area contributed by atoms with Crippen molar-refractivity contribution in [1.29, 1.82) is 0 Å². The molecule has 1 saturated heterocycles. The zero-order valence-electron chi connectivity index (χ0n) is 59.9. The van der Waals surface area contributed by atoms with Crippen LogP contribution in [0.3, 0.4) is 0 Å². The van der Waals surface area contributed by atoms with Crippen molar-refractivity contribution in [1.82, 2.24) is 0 Å². The molecular formula is C76H52O46. The molecule has 10 aromatic carbocycles. The predicted molar refractivity (Wildman–Crippen MR) is 383 cm³/mol. The Morgan fingerprint density at radius 3 is 0.598 bits per heavy atom. The minimum atomic E-state index is -3.12. The maximum atomic E-state index is 15.3. The average Bonchev–Trinajstić information content (AvgIpc) is 0.764. The van der Waals surface area contributed by atoms with Gasteiger partial charge in [0.2, 0.25) is 41.1 Å². The maximum absolute atomic E-state index is 15.3. The van der Waals surface area contributed by atoms with E-state index in [0.29, 0.717) is 121 Å². The smallest absolute Gasteiger partial charge is 0.343 e. The molecular weight excluding hydrogens is 1650 g/mol. The van der Waals surface area contributed by atoms with Crippen molar-refractivity contribution in [3.8, 4) is 172 Å². The van der Waals surface area contributed by atoms with Gasteiger partial charge < -0.3 is 180 Å². The fourth-order valence-corrected chi connectivity index (χ4v) is 10.8. The van der Waals surface area contributed by atoms with Crippen LogP contribution in [0.15, 0.2) is 121 Å². The number of carbonyl (C=O) groups is 10. The van der Waals surface area contributed by atoms with E-state index in [-0.39, 0.29) is 0 Å². The third kappa shape index (κ3) is 17.6. The molecule has 1 aliphatic heterocycles. The zero-order chi connectivity index (χ0) is 89.4. The fraction of sp³-hybridized carbons (Fsp3) is 0.0789. The number of esters is 10. The largest absolute Gasteiger partial charge is 0.504 e. The highest BCUT2D eigenvalue weighted by Gasteiger charge is 2.55. The van der Waals surface area contributed by atoms with Crippen molar-refractivity contribution < 1.29 is 228 Å². The molecule has 0 saturated carbocycles. The quantitative estimate of drug-likeness (QED) is 0.0198. The van der Waals surface area contributed by atoms with Gasteiger partial charge >= 0.3 is 59.7 Å². The van der Waals surface area contributed by atoms with E-state index in [1.165, 1.54) is 0 Å². The summed E-state index contributed by atoms with van der Waals surface area (Å²) in [7, 11) is 0. The second kappa shape index (κ2) is 33.4. The number of hydrogen-bond acceptors (Lipinski definition) is 46. The second-order valence-electron chi connectivity index (χ2n) is 25.1. The van der Waals surface area contributed by atoms with Crippen LogP contribution in [-0.2, 0) is 28.4 Å². The molecule has 11 rings (SSSR count). The first-order valence-corrected chi connectivity index (χ1v) is 33.2. The average molecular weight is 1700 g/mol. The number of phenols is 25. The van der Waals surface area contributed by atoms with E-state index >= 15 is 14.4 Å². The molecule has 1 fully saturated rings. The van der Waals surface area contributed by atoms with Crippen LogP contribution >= 0.6 is 0 Å². The minimum Gasteiger partial charge on any atom is -0.504 e. The fourth-order valence-electron chi connectivity index (χ4n) is 10.8. The summed E-state index contributed by atoms with van der Waals surface area (Å²) in [6, 6.07) is 8.56. The molecule has 46 heteroatoms. The number of aromatic hydroxyl groups is 25. The van der Waals surface area contributed by atoms with Crippen molar-refractivity contribution in [3.05, 3.63) is 177 Å². The molecule has 0 bridgehead atoms. The van der Waals surface area contributed by atoms with E-state index in [9.17, 15) is 161 Å². The Morgan fingerprint density at radius 1 is 0.205 bits per heavy atom. The van der Waals surface area contributed by atoms with Gasteiger partial charge in [-0.05, 0) is 121 Å². The highest BCUT2D eigenvalue weighted by Crippen LogP contribution is 2.48. The zero-order valence-corrected chi connectivity index (χ0v) is 59.9. The van der Waals surface area contributed by atoms with E-state index in [1.807, 2.05) is 0 Å². The van der Waals surface area contributed by atoms with Gasteiger partial charge in [-0.1, -0.05) is 0 Å². The van der Waals surface area contributed by atoms with Gasteiger partial charge in [-0.2, -0.15) is 0 Å². The van der Waals surface area contributed by atoms with Crippen LogP contribution in [0.4, 0.5) is 0 Å². The van der Waals surface area contributed by atoms with E-state index in [0.717, 1.165) is 0 Å². The van der Waals surface area contributed by atoms with Gasteiger partial charge in [0, 0.05) is 0 Å². The highest BCUT2D eigenvalue weighted by molar-refractivity contribution is 6.00. The van der Waals surface area contributed by atoms with Gasteiger partial charge in [0.15, 0.2) is 156 Å². The Balaban J connectivity index is 1.09. The van der Waals surface area contributed by atoms with E-state index in [2.05, 4.69) is 0 Å². The molecule has 2 unspecified atom stereocenters. The summed E-state index contributed by atoms with van der Waals surface area (Å²) in [6.07, 6.45) is -15.1. The molecule has 0 amide bonds. The van der Waals surface area contributed by atoms with Gasteiger partial charge in [-0.25, -0.2) is 47.9 Å². The van der Waals surface area contributed by atoms with Crippen LogP contribution in [0, 0.1) is 0 Å². The standard InChI is InChI=1S/C76H52O46/c77-32-1-22(2-33(78)53(32)92)67(103)113-47-16-27(11-42(87)58(47)97)66(102)112-21-52-63(119-72(108)28-12-43(88)59(98)48(17-28)114-68(104)23-3-34(79)54(93)35(80)4-23)64(120-73(109)29-13-44(89)60(99)49(18-29)115-69(105)24-5-36(81)55(94)37(82)6-24)65(121-74(110)30-14-45(90)61(100)50(19-30)116-70(106)25-7-38(83)56(95)39(84)8-25)76(118-52)122-75(111)31-15-46(91)62(101)51(20-31)117-71(107)26-9-40(85)57(96)41(86)10-26/h1-20,52,63-65,76-101H,21H2/t52-,63?,64+,65-,76?/m1/s1. The molecule has 46 nitrogen and oxygen atoms in total. The van der Waals surface area contributed by atoms with Crippen LogP contribution in [-0.4, -0.2) is 225 Å². The van der Waals surface area contributed by atoms with E-state index < -0.39 is 325 Å². The Bertz CT molecular complexity index is 5970. The Hall–Kier alpha value is -18.1. The number of rotatable bonds is 21. The molecule has 0 aromatic heterocycles. The first kappa shape index (κ1) is 84.8. The normalized spacial score (nSPS) is 14.6. The summed E-state index contributed by atoms with van der Waals surface area (Å²) >= 11 is 0. The summed E-state index contributed by atoms with van der Waals surface area (Å²) in [5.74, 6) is -56.0. The molecule has 1 heterocycles. The highest BCUT2D eigenvalue weighted by atomic mass is 16.8. The van der Waals surface area contributed by atoms with Crippen LogP contribution in [0.1, 0.15) is 104 Å². The SMILES string of the molecule is O=C(OC[C@H]1OC(OC(=O)c2cc(O)c(O)c(OC(=O)c3cc(O)c(O)c(O)c3)c2)[C@H](OC(=O)c2cc(O)c(O)c(OC(=O)c3cc(O)c(O)c(O)c3)c2)[C@@H](OC(=O)c2cc(O)c(O)c(OC(=O)c3cc(O)c(O)c(O)c3)c2)C1OC(=O)c1cc(O)c(O)c(OC(=O)c2cc(O)c(O)c(O)c2)c1)c1cc(O)c(O)c(OC(=O)c2cc(O)c(O)c(O)c2)c1. The number of hydrogen-bond donors (Lipinski definition) is 25. The summed E-state index contributed by atoms with van der Waals surface area (Å²) < 4.78 is 60.4. The van der Waals surface area contributed by atoms with E-state index in [4.69, 9.17) is 52.1 Å². The summed E-state index contributed by atoms with van der Waals surface area (Å²) in [5.41, 5.74) is -9.89. The Morgan fingerprint density at radius 2 is 0.377 bits per heavy atom. The molecule has 1 aliphatic rings. The number of carbonyl (C=O) groups excluding carboxylic acids is 10. The van der Waals surface area contributed by atoms with Crippen LogP contribution in [0.2, 0.25) is 0 Å². The minimum absolute atomic E-state index is 0.295. The third-order valence-corrected chi connectivity index (χ3v) is 16.9. The maximum Gasteiger partial charge on any atom is 0.343 e. The summed E-state index contributed by atoms with van der Waals surface area (Å²) in [6.45, 7) is -1.71. The third-order valence-electron chi connectivity index (χ3n) is 16.9. The van der Waals surface area contributed by atoms with Crippen molar-refractivity contribution in [2.75, 3.05) is 6.61 Å². The van der Waals surface area contributed by atoms with Gasteiger partial charge in [0.25, 0.3) is 0 Å². The lowest BCUT2D eigenvalue weighted by Gasteiger charge is -2.43. The van der Waals surface area contributed by atoms with Crippen molar-refractivity contribution in [3.63, 3.8) is 0 Å². The van der Waals surface area contributed by atoms with Crippen molar-refractivity contribution in [2.24, 2.45) is 0 Å². The second-order valence-corrected chi connectivity index (χ2v) is 25.1. The number of benzene rings is 10. The van der Waals surface area contributed by atoms with Gasteiger partial charge in [0.05, 0.1) is 55.6 Å². The topological polar surface area (TPSA) is 778 Å². The Kier molecular flexibility index (Phi) is 23.2. The molecule has 0 radical (unpaired) electrons. The number of phenolic OH excluding ortho intramolecular Hbond substituents is 25. The predicted octanol–water partition coefficient (Wildman–Crippen LogP) is 4.84. The lowest BCUT2D eigenvalue weighted by Crippen LogP contribution is -2.63. The summed E-state index contributed by atoms with van der Waals surface area (Å²) in [4.78, 5) is 142. The first-order valence-electron chi connectivity index (χ1n) is 33.2. The number of ether oxygens (including phenoxy) is 11. The monoisotopic (exact) mass is 1700 g/mol. The van der Waals surface area contributed by atoms with Crippen LogP contribution < -0.4 is 23.7 Å². The lowest BCUT2D eigenvalue weighted by molar-refractivity contribution is -0.282. The first-order chi connectivity index (χ1) is 57.4. The van der Waals surface area contributed by atoms with Gasteiger partial charge in [-0.15, -0.1) is 0 Å². The van der Waals surface area contributed by atoms with E-state index in [1.54, 1.807) is 0 Å². The van der Waals surface area contributed by atoms with Crippen LogP contribution in [0.5, 0.6) is 172 Å². The van der Waals surface area contributed by atoms with Crippen molar-refractivity contribution >= 4 is 59.7 Å². The van der Waals surface area contributed by atoms with Crippen LogP contribution in [0.25, 0.3) is 0 Å². The molecule has 25 N–H and O–H groups in total. The molecule has 0 aliphatic carbocycles. The Labute approximate surface area is 671 Å². The molecule has 10 aromatic rings. The molecule has 0 spiro atoms. The van der Waals surface area contributed by atoms with Gasteiger partial charge in [-0.3, -0.25) is 0 Å².